The summed E-state index contributed by atoms with van der Waals surface area (Å²) in [5.74, 6) is -1.19. The van der Waals surface area contributed by atoms with Gasteiger partial charge in [-0.25, -0.2) is 8.42 Å². The fourth-order valence-corrected chi connectivity index (χ4v) is 2.68. The predicted molar refractivity (Wildman–Crippen MR) is 63.1 cm³/mol. The lowest BCUT2D eigenvalue weighted by atomic mass is 10.1. The number of carbonyl (C=O) groups is 1. The lowest BCUT2D eigenvalue weighted by molar-refractivity contribution is -0.145. The third-order valence-corrected chi connectivity index (χ3v) is 4.76. The van der Waals surface area contributed by atoms with Crippen LogP contribution in [0.15, 0.2) is 35.2 Å². The van der Waals surface area contributed by atoms with E-state index < -0.39 is 21.5 Å². The van der Waals surface area contributed by atoms with E-state index in [1.165, 1.54) is 33.0 Å². The maximum Gasteiger partial charge on any atom is 0.324 e. The molecule has 0 saturated carbocycles. The maximum atomic E-state index is 12.1. The van der Waals surface area contributed by atoms with Crippen molar-refractivity contribution >= 4 is 16.0 Å². The number of aliphatic carboxylic acids is 1. The second kappa shape index (κ2) is 4.46. The van der Waals surface area contributed by atoms with Gasteiger partial charge >= 0.3 is 5.97 Å². The number of carboxylic acid groups (broad SMARTS) is 1. The molecule has 17 heavy (non-hydrogen) atoms. The molecule has 0 aliphatic heterocycles. The molecule has 0 saturated heterocycles. The highest BCUT2D eigenvalue weighted by Crippen LogP contribution is 2.22. The second-order valence-corrected chi connectivity index (χ2v) is 6.12. The quantitative estimate of drug-likeness (QED) is 0.878. The van der Waals surface area contributed by atoms with E-state index in [4.69, 9.17) is 5.11 Å². The van der Waals surface area contributed by atoms with Gasteiger partial charge in [0.05, 0.1) is 4.90 Å². The van der Waals surface area contributed by atoms with Crippen LogP contribution in [0.2, 0.25) is 0 Å². The molecule has 0 aromatic heterocycles. The standard InChI is InChI=1S/C11H15NO4S/c1-11(2,10(13)14)12(3)17(15,16)9-7-5-4-6-8-9/h4-8H,1-3H3,(H,13,14). The number of sulfonamides is 1. The molecule has 0 aliphatic rings. The van der Waals surface area contributed by atoms with Crippen molar-refractivity contribution in [1.29, 1.82) is 0 Å². The number of nitrogens with zero attached hydrogens (tertiary/aromatic N) is 1. The van der Waals surface area contributed by atoms with Crippen molar-refractivity contribution in [2.75, 3.05) is 7.05 Å². The van der Waals surface area contributed by atoms with Gasteiger partial charge < -0.3 is 5.11 Å². The van der Waals surface area contributed by atoms with Gasteiger partial charge in [-0.3, -0.25) is 4.79 Å². The molecule has 0 bridgehead atoms. The molecular weight excluding hydrogens is 242 g/mol. The molecule has 0 fully saturated rings. The van der Waals surface area contributed by atoms with Gasteiger partial charge in [-0.15, -0.1) is 0 Å². The van der Waals surface area contributed by atoms with Gasteiger partial charge in [0.15, 0.2) is 0 Å². The van der Waals surface area contributed by atoms with Crippen molar-refractivity contribution in [2.24, 2.45) is 0 Å². The summed E-state index contributed by atoms with van der Waals surface area (Å²) < 4.78 is 25.2. The highest BCUT2D eigenvalue weighted by Gasteiger charge is 2.39. The van der Waals surface area contributed by atoms with Gasteiger partial charge in [-0.1, -0.05) is 18.2 Å². The van der Waals surface area contributed by atoms with Crippen LogP contribution in [0, 0.1) is 0 Å². The van der Waals surface area contributed by atoms with Crippen LogP contribution in [0.25, 0.3) is 0 Å². The van der Waals surface area contributed by atoms with E-state index in [1.807, 2.05) is 0 Å². The van der Waals surface area contributed by atoms with Crippen LogP contribution in [0.4, 0.5) is 0 Å². The Bertz CT molecular complexity index is 508. The van der Waals surface area contributed by atoms with E-state index >= 15 is 0 Å². The molecule has 0 spiro atoms. The van der Waals surface area contributed by atoms with Crippen molar-refractivity contribution in [3.63, 3.8) is 0 Å². The molecule has 1 aromatic carbocycles. The largest absolute Gasteiger partial charge is 0.480 e. The molecule has 0 aliphatic carbocycles. The van der Waals surface area contributed by atoms with Crippen molar-refractivity contribution in [1.82, 2.24) is 4.31 Å². The van der Waals surface area contributed by atoms with Crippen molar-refractivity contribution in [2.45, 2.75) is 24.3 Å². The van der Waals surface area contributed by atoms with Gasteiger partial charge in [-0.05, 0) is 26.0 Å². The zero-order chi connectivity index (χ0) is 13.3. The molecule has 1 aromatic rings. The molecule has 0 radical (unpaired) electrons. The first-order valence-electron chi connectivity index (χ1n) is 4.98. The van der Waals surface area contributed by atoms with Crippen molar-refractivity contribution < 1.29 is 18.3 Å². The Hall–Kier alpha value is -1.40. The van der Waals surface area contributed by atoms with Crippen molar-refractivity contribution in [3.05, 3.63) is 30.3 Å². The lowest BCUT2D eigenvalue weighted by Crippen LogP contribution is -2.50. The van der Waals surface area contributed by atoms with Gasteiger partial charge in [-0.2, -0.15) is 4.31 Å². The zero-order valence-corrected chi connectivity index (χ0v) is 10.7. The molecule has 0 heterocycles. The zero-order valence-electron chi connectivity index (χ0n) is 9.91. The molecule has 1 N–H and O–H groups in total. The van der Waals surface area contributed by atoms with E-state index in [2.05, 4.69) is 0 Å². The third kappa shape index (κ3) is 2.48. The molecule has 1 rings (SSSR count). The van der Waals surface area contributed by atoms with E-state index in [9.17, 15) is 13.2 Å². The fourth-order valence-electron chi connectivity index (χ4n) is 1.19. The van der Waals surface area contributed by atoms with Crippen LogP contribution in [-0.4, -0.2) is 36.4 Å². The third-order valence-electron chi connectivity index (χ3n) is 2.71. The van der Waals surface area contributed by atoms with E-state index in [0.29, 0.717) is 0 Å². The number of hydrogen-bond donors (Lipinski definition) is 1. The van der Waals surface area contributed by atoms with Crippen LogP contribution >= 0.6 is 0 Å². The first-order chi connectivity index (χ1) is 7.70. The average molecular weight is 257 g/mol. The number of likely N-dealkylation sites (N-methyl/N-ethyl adjacent to an activating group) is 1. The minimum absolute atomic E-state index is 0.0804. The van der Waals surface area contributed by atoms with Crippen LogP contribution in [-0.2, 0) is 14.8 Å². The molecule has 94 valence electrons. The Kier molecular flexibility index (Phi) is 3.59. The monoisotopic (exact) mass is 257 g/mol. The molecule has 0 atom stereocenters. The van der Waals surface area contributed by atoms with Gasteiger partial charge in [0.1, 0.15) is 5.54 Å². The summed E-state index contributed by atoms with van der Waals surface area (Å²) in [6.07, 6.45) is 0. The molecular formula is C11H15NO4S. The summed E-state index contributed by atoms with van der Waals surface area (Å²) in [6, 6.07) is 7.75. The number of rotatable bonds is 4. The van der Waals surface area contributed by atoms with Crippen LogP contribution in [0.3, 0.4) is 0 Å². The minimum Gasteiger partial charge on any atom is -0.480 e. The number of carboxylic acids is 1. The Balaban J connectivity index is 3.22. The Morgan fingerprint density at radius 1 is 1.24 bits per heavy atom. The van der Waals surface area contributed by atoms with Gasteiger partial charge in [0.2, 0.25) is 10.0 Å². The summed E-state index contributed by atoms with van der Waals surface area (Å²) in [5, 5.41) is 9.02. The normalized spacial score (nSPS) is 12.7. The number of hydrogen-bond acceptors (Lipinski definition) is 3. The summed E-state index contributed by atoms with van der Waals surface area (Å²) in [4.78, 5) is 11.1. The average Bonchev–Trinajstić information content (AvgIpc) is 2.29. The molecule has 0 amide bonds. The van der Waals surface area contributed by atoms with E-state index in [-0.39, 0.29) is 4.90 Å². The van der Waals surface area contributed by atoms with Gasteiger partial charge in [0.25, 0.3) is 0 Å². The Labute approximate surface area is 101 Å². The summed E-state index contributed by atoms with van der Waals surface area (Å²) in [6.45, 7) is 2.69. The molecule has 5 nitrogen and oxygen atoms in total. The molecule has 0 unspecified atom stereocenters. The predicted octanol–water partition coefficient (Wildman–Crippen LogP) is 1.17. The maximum absolute atomic E-state index is 12.1. The lowest BCUT2D eigenvalue weighted by Gasteiger charge is -2.30. The minimum atomic E-state index is -3.79. The summed E-state index contributed by atoms with van der Waals surface area (Å²) >= 11 is 0. The van der Waals surface area contributed by atoms with Crippen molar-refractivity contribution in [3.8, 4) is 0 Å². The van der Waals surface area contributed by atoms with Crippen LogP contribution in [0.5, 0.6) is 0 Å². The fraction of sp³-hybridized carbons (Fsp3) is 0.364. The van der Waals surface area contributed by atoms with E-state index in [0.717, 1.165) is 4.31 Å². The number of benzene rings is 1. The van der Waals surface area contributed by atoms with Gasteiger partial charge in [0, 0.05) is 7.05 Å². The SMILES string of the molecule is CN(C(C)(C)C(=O)O)S(=O)(=O)c1ccccc1. The van der Waals surface area contributed by atoms with E-state index in [1.54, 1.807) is 18.2 Å². The van der Waals surface area contributed by atoms with Crippen LogP contribution < -0.4 is 0 Å². The first-order valence-corrected chi connectivity index (χ1v) is 6.42. The highest BCUT2D eigenvalue weighted by molar-refractivity contribution is 7.89. The highest BCUT2D eigenvalue weighted by atomic mass is 32.2. The van der Waals surface area contributed by atoms with Crippen LogP contribution in [0.1, 0.15) is 13.8 Å². The molecule has 6 heteroatoms. The summed E-state index contributed by atoms with van der Waals surface area (Å²) in [7, 11) is -2.53. The first kappa shape index (κ1) is 13.7. The second-order valence-electron chi connectivity index (χ2n) is 4.15. The Morgan fingerprint density at radius 3 is 2.12 bits per heavy atom. The topological polar surface area (TPSA) is 74.7 Å². The Morgan fingerprint density at radius 2 is 1.71 bits per heavy atom. The summed E-state index contributed by atoms with van der Waals surface area (Å²) in [5.41, 5.74) is -1.49. The smallest absolute Gasteiger partial charge is 0.324 e.